The van der Waals surface area contributed by atoms with Crippen LogP contribution in [0.1, 0.15) is 22.5 Å². The lowest BCUT2D eigenvalue weighted by molar-refractivity contribution is -0.0493. The van der Waals surface area contributed by atoms with Gasteiger partial charge in [-0.1, -0.05) is 0 Å². The number of alkyl halides is 2. The highest BCUT2D eigenvalue weighted by Crippen LogP contribution is 2.32. The number of carbonyl (C=O) groups is 1. The number of piperidine rings is 1. The van der Waals surface area contributed by atoms with Gasteiger partial charge in [0, 0.05) is 56.3 Å². The minimum atomic E-state index is -2.67. The van der Waals surface area contributed by atoms with E-state index in [-0.39, 0.29) is 31.8 Å². The highest BCUT2D eigenvalue weighted by atomic mass is 32.1. The van der Waals surface area contributed by atoms with Crippen LogP contribution >= 0.6 is 11.3 Å². The molecule has 0 N–H and O–H groups in total. The van der Waals surface area contributed by atoms with Crippen molar-refractivity contribution in [3.05, 3.63) is 41.5 Å². The number of likely N-dealkylation sites (tertiary alicyclic amines) is 1. The molecule has 5 heterocycles. The minimum Gasteiger partial charge on any atom is -0.338 e. The average Bonchev–Trinajstić information content (AvgIpc) is 3.28. The van der Waals surface area contributed by atoms with E-state index in [9.17, 15) is 13.6 Å². The summed E-state index contributed by atoms with van der Waals surface area (Å²) in [5.74, 6) is -2.87. The number of amides is 1. The monoisotopic (exact) mass is 413 g/mol. The van der Waals surface area contributed by atoms with E-state index in [1.807, 2.05) is 31.4 Å². The van der Waals surface area contributed by atoms with Crippen LogP contribution in [0.3, 0.4) is 0 Å². The molecule has 1 aliphatic heterocycles. The third-order valence-electron chi connectivity index (χ3n) is 5.14. The maximum absolute atomic E-state index is 13.4. The lowest BCUT2D eigenvalue weighted by Crippen LogP contribution is -2.42. The van der Waals surface area contributed by atoms with Gasteiger partial charge in [0.2, 0.25) is 0 Å². The maximum atomic E-state index is 13.4. The molecule has 0 aliphatic carbocycles. The van der Waals surface area contributed by atoms with Gasteiger partial charge >= 0.3 is 0 Å². The van der Waals surface area contributed by atoms with Gasteiger partial charge in [-0.15, -0.1) is 11.3 Å². The van der Waals surface area contributed by atoms with Crippen LogP contribution in [0.2, 0.25) is 0 Å². The van der Waals surface area contributed by atoms with Crippen molar-refractivity contribution in [1.29, 1.82) is 0 Å². The molecule has 148 valence electrons. The molecule has 0 unspecified atom stereocenters. The van der Waals surface area contributed by atoms with E-state index in [1.165, 1.54) is 16.2 Å². The molecule has 1 amide bonds. The number of rotatable bonds is 2. The van der Waals surface area contributed by atoms with Crippen molar-refractivity contribution in [2.24, 2.45) is 7.05 Å². The number of pyridine rings is 2. The molecule has 1 aliphatic rings. The molecule has 0 saturated carbocycles. The van der Waals surface area contributed by atoms with Crippen LogP contribution in [-0.2, 0) is 7.05 Å². The lowest BCUT2D eigenvalue weighted by Gasteiger charge is -2.31. The molecule has 5 rings (SSSR count). The van der Waals surface area contributed by atoms with Crippen molar-refractivity contribution in [2.75, 3.05) is 13.1 Å². The van der Waals surface area contributed by atoms with E-state index in [1.54, 1.807) is 16.9 Å². The summed E-state index contributed by atoms with van der Waals surface area (Å²) in [6.07, 6.45) is 3.06. The molecule has 0 radical (unpaired) electrons. The van der Waals surface area contributed by atoms with Gasteiger partial charge in [0.1, 0.15) is 0 Å². The van der Waals surface area contributed by atoms with Crippen LogP contribution in [0.5, 0.6) is 0 Å². The molecule has 0 bridgehead atoms. The number of halogens is 2. The molecule has 0 spiro atoms. The number of hydrogen-bond acceptors (Lipinski definition) is 5. The first kappa shape index (κ1) is 18.1. The number of aromatic nitrogens is 4. The third kappa shape index (κ3) is 3.35. The molecular weight excluding hydrogens is 396 g/mol. The van der Waals surface area contributed by atoms with Crippen LogP contribution in [0.25, 0.3) is 32.5 Å². The SMILES string of the molecule is Cn1cc2cc(-c3ccc4sc(C(=O)N5CCC(F)(F)CC5)cc4n3)cnc2n1. The van der Waals surface area contributed by atoms with E-state index >= 15 is 0 Å². The molecule has 9 heteroatoms. The highest BCUT2D eigenvalue weighted by Gasteiger charge is 2.36. The fraction of sp³-hybridized carbons (Fsp3) is 0.300. The van der Waals surface area contributed by atoms with Crippen LogP contribution in [-0.4, -0.2) is 49.6 Å². The largest absolute Gasteiger partial charge is 0.338 e. The first-order valence-electron chi connectivity index (χ1n) is 9.25. The molecule has 1 fully saturated rings. The van der Waals surface area contributed by atoms with Gasteiger partial charge in [0.15, 0.2) is 5.65 Å². The molecule has 4 aromatic heterocycles. The van der Waals surface area contributed by atoms with Crippen molar-refractivity contribution in [1.82, 2.24) is 24.6 Å². The Balaban J connectivity index is 1.44. The first-order chi connectivity index (χ1) is 13.9. The number of carbonyl (C=O) groups excluding carboxylic acids is 1. The molecule has 0 aromatic carbocycles. The Kier molecular flexibility index (Phi) is 4.09. The standard InChI is InChI=1S/C20H17F2N5OS/c1-26-11-13-8-12(10-23-18(13)25-26)14-2-3-16-15(24-14)9-17(29-16)19(28)27-6-4-20(21,22)5-7-27/h2-3,8-11H,4-7H2,1H3. The molecule has 0 atom stereocenters. The first-order valence-corrected chi connectivity index (χ1v) is 10.1. The maximum Gasteiger partial charge on any atom is 0.264 e. The smallest absolute Gasteiger partial charge is 0.264 e. The van der Waals surface area contributed by atoms with E-state index in [0.717, 1.165) is 21.3 Å². The zero-order valence-corrected chi connectivity index (χ0v) is 16.4. The van der Waals surface area contributed by atoms with Crippen LogP contribution in [0, 0.1) is 0 Å². The van der Waals surface area contributed by atoms with Crippen LogP contribution in [0.4, 0.5) is 8.78 Å². The number of nitrogens with zero attached hydrogens (tertiary/aromatic N) is 5. The van der Waals surface area contributed by atoms with Crippen molar-refractivity contribution >= 4 is 38.5 Å². The highest BCUT2D eigenvalue weighted by molar-refractivity contribution is 7.20. The predicted octanol–water partition coefficient (Wildman–Crippen LogP) is 4.12. The summed E-state index contributed by atoms with van der Waals surface area (Å²) in [6, 6.07) is 7.55. The van der Waals surface area contributed by atoms with E-state index < -0.39 is 5.92 Å². The molecular formula is C20H17F2N5OS. The molecule has 29 heavy (non-hydrogen) atoms. The van der Waals surface area contributed by atoms with Gasteiger partial charge in [-0.2, -0.15) is 5.10 Å². The number of thiophene rings is 1. The summed E-state index contributed by atoms with van der Waals surface area (Å²) in [5, 5.41) is 5.20. The summed E-state index contributed by atoms with van der Waals surface area (Å²) < 4.78 is 29.3. The fourth-order valence-corrected chi connectivity index (χ4v) is 4.52. The summed E-state index contributed by atoms with van der Waals surface area (Å²) in [5.41, 5.74) is 3.01. The Bertz CT molecular complexity index is 1240. The summed E-state index contributed by atoms with van der Waals surface area (Å²) in [7, 11) is 1.85. The topological polar surface area (TPSA) is 63.9 Å². The average molecular weight is 413 g/mol. The van der Waals surface area contributed by atoms with Crippen molar-refractivity contribution in [3.8, 4) is 11.3 Å². The van der Waals surface area contributed by atoms with Gasteiger partial charge in [0.05, 0.1) is 20.8 Å². The van der Waals surface area contributed by atoms with Crippen molar-refractivity contribution in [2.45, 2.75) is 18.8 Å². The second-order valence-corrected chi connectivity index (χ2v) is 8.36. The number of hydrogen-bond donors (Lipinski definition) is 0. The molecule has 1 saturated heterocycles. The fourth-order valence-electron chi connectivity index (χ4n) is 3.56. The molecule has 4 aromatic rings. The number of aryl methyl sites for hydroxylation is 1. The van der Waals surface area contributed by atoms with Gasteiger partial charge < -0.3 is 4.90 Å². The van der Waals surface area contributed by atoms with Crippen LogP contribution < -0.4 is 0 Å². The Morgan fingerprint density at radius 1 is 1.21 bits per heavy atom. The summed E-state index contributed by atoms with van der Waals surface area (Å²) in [6.45, 7) is 0.158. The Labute approximate surface area is 168 Å². The summed E-state index contributed by atoms with van der Waals surface area (Å²) >= 11 is 1.34. The lowest BCUT2D eigenvalue weighted by atomic mass is 10.1. The molecule has 6 nitrogen and oxygen atoms in total. The quantitative estimate of drug-likeness (QED) is 0.496. The van der Waals surface area contributed by atoms with Crippen LogP contribution in [0.15, 0.2) is 36.7 Å². The predicted molar refractivity (Wildman–Crippen MR) is 107 cm³/mol. The minimum absolute atomic E-state index is 0.0789. The van der Waals surface area contributed by atoms with E-state index in [4.69, 9.17) is 0 Å². The van der Waals surface area contributed by atoms with E-state index in [0.29, 0.717) is 16.0 Å². The Hall–Kier alpha value is -2.94. The van der Waals surface area contributed by atoms with Gasteiger partial charge in [-0.3, -0.25) is 9.48 Å². The second-order valence-electron chi connectivity index (χ2n) is 7.28. The van der Waals surface area contributed by atoms with Crippen molar-refractivity contribution < 1.29 is 13.6 Å². The number of fused-ring (bicyclic) bond motifs is 2. The van der Waals surface area contributed by atoms with Gasteiger partial charge in [0.25, 0.3) is 11.8 Å². The summed E-state index contributed by atoms with van der Waals surface area (Å²) in [4.78, 5) is 23.8. The van der Waals surface area contributed by atoms with Gasteiger partial charge in [-0.05, 0) is 24.3 Å². The second kappa shape index (κ2) is 6.55. The zero-order valence-electron chi connectivity index (χ0n) is 15.6. The van der Waals surface area contributed by atoms with Crippen molar-refractivity contribution in [3.63, 3.8) is 0 Å². The Morgan fingerprint density at radius 3 is 2.79 bits per heavy atom. The third-order valence-corrected chi connectivity index (χ3v) is 6.21. The van der Waals surface area contributed by atoms with Gasteiger partial charge in [-0.25, -0.2) is 18.7 Å². The normalized spacial score (nSPS) is 16.6. The zero-order chi connectivity index (χ0) is 20.2. The van der Waals surface area contributed by atoms with E-state index in [2.05, 4.69) is 15.1 Å². The Morgan fingerprint density at radius 2 is 2.00 bits per heavy atom.